The van der Waals surface area contributed by atoms with Gasteiger partial charge in [-0.3, -0.25) is 0 Å². The molecular weight excluding hydrogens is 264 g/mol. The van der Waals surface area contributed by atoms with E-state index < -0.39 is 5.97 Å². The number of carbonyl (C=O) groups excluding carboxylic acids is 1. The van der Waals surface area contributed by atoms with Crippen molar-refractivity contribution in [1.29, 1.82) is 0 Å². The molecular formula is C17H20N2O2. The van der Waals surface area contributed by atoms with E-state index in [0.717, 1.165) is 24.2 Å². The fourth-order valence-corrected chi connectivity index (χ4v) is 2.21. The highest BCUT2D eigenvalue weighted by atomic mass is 16.5. The summed E-state index contributed by atoms with van der Waals surface area (Å²) in [6.07, 6.45) is 2.08. The van der Waals surface area contributed by atoms with E-state index in [2.05, 4.69) is 18.3 Å². The lowest BCUT2D eigenvalue weighted by Crippen LogP contribution is -2.06. The van der Waals surface area contributed by atoms with Crippen LogP contribution in [0, 0.1) is 0 Å². The van der Waals surface area contributed by atoms with E-state index in [1.165, 1.54) is 12.7 Å². The second-order valence-corrected chi connectivity index (χ2v) is 4.83. The molecule has 0 aromatic heterocycles. The third-order valence-electron chi connectivity index (χ3n) is 3.27. The average Bonchev–Trinajstić information content (AvgIpc) is 2.50. The second kappa shape index (κ2) is 6.79. The van der Waals surface area contributed by atoms with E-state index in [-0.39, 0.29) is 0 Å². The normalized spacial score (nSPS) is 10.2. The number of hydrogen-bond donors (Lipinski definition) is 2. The van der Waals surface area contributed by atoms with Crippen LogP contribution in [-0.2, 0) is 11.2 Å². The number of para-hydroxylation sites is 1. The number of anilines is 3. The number of esters is 1. The van der Waals surface area contributed by atoms with E-state index >= 15 is 0 Å². The Bertz CT molecular complexity index is 638. The molecule has 0 aliphatic heterocycles. The Morgan fingerprint density at radius 1 is 1.24 bits per heavy atom. The fraction of sp³-hybridized carbons (Fsp3) is 0.235. The molecule has 2 aromatic rings. The minimum Gasteiger partial charge on any atom is -0.465 e. The number of benzene rings is 2. The average molecular weight is 284 g/mol. The van der Waals surface area contributed by atoms with Gasteiger partial charge in [0.2, 0.25) is 0 Å². The molecule has 4 nitrogen and oxygen atoms in total. The van der Waals surface area contributed by atoms with Crippen LogP contribution in [0.15, 0.2) is 42.5 Å². The van der Waals surface area contributed by atoms with Crippen LogP contribution in [0.4, 0.5) is 17.1 Å². The number of carbonyl (C=O) groups is 1. The minimum atomic E-state index is -0.432. The molecule has 0 aliphatic carbocycles. The number of nitrogens with one attached hydrogen (secondary N) is 1. The van der Waals surface area contributed by atoms with E-state index in [1.54, 1.807) is 12.1 Å². The van der Waals surface area contributed by atoms with Crippen LogP contribution in [0.5, 0.6) is 0 Å². The Morgan fingerprint density at radius 2 is 2.00 bits per heavy atom. The van der Waals surface area contributed by atoms with Crippen molar-refractivity contribution in [3.8, 4) is 0 Å². The summed E-state index contributed by atoms with van der Waals surface area (Å²) >= 11 is 0. The van der Waals surface area contributed by atoms with Gasteiger partial charge in [0.15, 0.2) is 0 Å². The smallest absolute Gasteiger partial charge is 0.340 e. The SMILES string of the molecule is CCCc1ccccc1Nc1ccc(N)c(C(=O)OC)c1. The van der Waals surface area contributed by atoms with Crippen molar-refractivity contribution in [2.24, 2.45) is 0 Å². The molecule has 0 amide bonds. The van der Waals surface area contributed by atoms with Gasteiger partial charge in [-0.25, -0.2) is 4.79 Å². The van der Waals surface area contributed by atoms with Gasteiger partial charge in [0.25, 0.3) is 0 Å². The molecule has 3 N–H and O–H groups in total. The van der Waals surface area contributed by atoms with Crippen LogP contribution in [-0.4, -0.2) is 13.1 Å². The highest BCUT2D eigenvalue weighted by Gasteiger charge is 2.11. The molecule has 0 spiro atoms. The molecule has 4 heteroatoms. The molecule has 0 fully saturated rings. The molecule has 0 aliphatic rings. The lowest BCUT2D eigenvalue weighted by Gasteiger charge is -2.13. The summed E-state index contributed by atoms with van der Waals surface area (Å²) in [5.74, 6) is -0.432. The number of ether oxygens (including phenoxy) is 1. The zero-order valence-corrected chi connectivity index (χ0v) is 12.3. The summed E-state index contributed by atoms with van der Waals surface area (Å²) in [5.41, 5.74) is 9.69. The molecule has 21 heavy (non-hydrogen) atoms. The second-order valence-electron chi connectivity index (χ2n) is 4.83. The van der Waals surface area contributed by atoms with Gasteiger partial charge in [0.1, 0.15) is 0 Å². The summed E-state index contributed by atoms with van der Waals surface area (Å²) in [4.78, 5) is 11.7. The Balaban J connectivity index is 2.30. The van der Waals surface area contributed by atoms with E-state index in [4.69, 9.17) is 10.5 Å². The quantitative estimate of drug-likeness (QED) is 0.648. The van der Waals surface area contributed by atoms with Gasteiger partial charge in [-0.1, -0.05) is 31.5 Å². The first-order valence-electron chi connectivity index (χ1n) is 6.98. The van der Waals surface area contributed by atoms with Gasteiger partial charge in [-0.05, 0) is 36.2 Å². The van der Waals surface area contributed by atoms with Gasteiger partial charge in [0.05, 0.1) is 12.7 Å². The largest absolute Gasteiger partial charge is 0.465 e. The Hall–Kier alpha value is -2.49. The number of aryl methyl sites for hydroxylation is 1. The molecule has 0 saturated heterocycles. The maximum Gasteiger partial charge on any atom is 0.340 e. The van der Waals surface area contributed by atoms with Gasteiger partial charge < -0.3 is 15.8 Å². The molecule has 2 rings (SSSR count). The van der Waals surface area contributed by atoms with E-state index in [9.17, 15) is 4.79 Å². The lowest BCUT2D eigenvalue weighted by molar-refractivity contribution is 0.0602. The van der Waals surface area contributed by atoms with E-state index in [0.29, 0.717) is 11.3 Å². The van der Waals surface area contributed by atoms with Gasteiger partial charge in [-0.2, -0.15) is 0 Å². The maximum absolute atomic E-state index is 11.7. The van der Waals surface area contributed by atoms with Crippen molar-refractivity contribution in [2.45, 2.75) is 19.8 Å². The van der Waals surface area contributed by atoms with Crippen LogP contribution in [0.1, 0.15) is 29.3 Å². The Kier molecular flexibility index (Phi) is 4.82. The Labute approximate surface area is 124 Å². The predicted molar refractivity (Wildman–Crippen MR) is 85.9 cm³/mol. The van der Waals surface area contributed by atoms with Gasteiger partial charge in [-0.15, -0.1) is 0 Å². The topological polar surface area (TPSA) is 64.3 Å². The molecule has 2 aromatic carbocycles. The van der Waals surface area contributed by atoms with Crippen LogP contribution in [0.2, 0.25) is 0 Å². The minimum absolute atomic E-state index is 0.371. The summed E-state index contributed by atoms with van der Waals surface area (Å²) < 4.78 is 4.74. The van der Waals surface area contributed by atoms with Gasteiger partial charge >= 0.3 is 5.97 Å². The predicted octanol–water partition coefficient (Wildman–Crippen LogP) is 3.75. The van der Waals surface area contributed by atoms with Crippen molar-refractivity contribution in [1.82, 2.24) is 0 Å². The fourth-order valence-electron chi connectivity index (χ4n) is 2.21. The van der Waals surface area contributed by atoms with Gasteiger partial charge in [0, 0.05) is 17.1 Å². The molecule has 0 unspecified atom stereocenters. The summed E-state index contributed by atoms with van der Waals surface area (Å²) in [5, 5.41) is 3.34. The standard InChI is InChI=1S/C17H20N2O2/c1-3-6-12-7-4-5-8-16(12)19-13-9-10-15(18)14(11-13)17(20)21-2/h4-5,7-11,19H,3,6,18H2,1-2H3. The number of rotatable bonds is 5. The third kappa shape index (κ3) is 3.54. The van der Waals surface area contributed by atoms with Crippen molar-refractivity contribution in [3.05, 3.63) is 53.6 Å². The van der Waals surface area contributed by atoms with Crippen molar-refractivity contribution < 1.29 is 9.53 Å². The molecule has 0 radical (unpaired) electrons. The first-order valence-corrected chi connectivity index (χ1v) is 6.98. The summed E-state index contributed by atoms with van der Waals surface area (Å²) in [6, 6.07) is 13.4. The number of methoxy groups -OCH3 is 1. The third-order valence-corrected chi connectivity index (χ3v) is 3.27. The van der Waals surface area contributed by atoms with E-state index in [1.807, 2.05) is 24.3 Å². The molecule has 0 bridgehead atoms. The number of hydrogen-bond acceptors (Lipinski definition) is 4. The molecule has 110 valence electrons. The first kappa shape index (κ1) is 14.9. The summed E-state index contributed by atoms with van der Waals surface area (Å²) in [6.45, 7) is 2.15. The Morgan fingerprint density at radius 3 is 2.71 bits per heavy atom. The first-order chi connectivity index (χ1) is 10.2. The van der Waals surface area contributed by atoms with Crippen LogP contribution in [0.3, 0.4) is 0 Å². The van der Waals surface area contributed by atoms with Crippen molar-refractivity contribution >= 4 is 23.0 Å². The highest BCUT2D eigenvalue weighted by molar-refractivity contribution is 5.96. The molecule has 0 heterocycles. The zero-order valence-electron chi connectivity index (χ0n) is 12.3. The van der Waals surface area contributed by atoms with Crippen LogP contribution < -0.4 is 11.1 Å². The highest BCUT2D eigenvalue weighted by Crippen LogP contribution is 2.25. The summed E-state index contributed by atoms with van der Waals surface area (Å²) in [7, 11) is 1.35. The molecule has 0 saturated carbocycles. The maximum atomic E-state index is 11.7. The van der Waals surface area contributed by atoms with Crippen molar-refractivity contribution in [2.75, 3.05) is 18.2 Å². The number of nitrogens with two attached hydrogens (primary N) is 1. The zero-order chi connectivity index (χ0) is 15.2. The number of nitrogen functional groups attached to an aromatic ring is 1. The monoisotopic (exact) mass is 284 g/mol. The van der Waals surface area contributed by atoms with Crippen LogP contribution >= 0.6 is 0 Å². The molecule has 0 atom stereocenters. The van der Waals surface area contributed by atoms with Crippen LogP contribution in [0.25, 0.3) is 0 Å². The van der Waals surface area contributed by atoms with Crippen molar-refractivity contribution in [3.63, 3.8) is 0 Å². The lowest BCUT2D eigenvalue weighted by atomic mass is 10.1.